The molecular weight excluding hydrogens is 271 g/mol. The molecule has 1 aromatic heterocycles. The second-order valence-corrected chi connectivity index (χ2v) is 5.35. The Labute approximate surface area is 122 Å². The summed E-state index contributed by atoms with van der Waals surface area (Å²) in [6.45, 7) is 0. The number of carbonyl (C=O) groups is 1. The summed E-state index contributed by atoms with van der Waals surface area (Å²) in [5.74, 6) is -0.397. The van der Waals surface area contributed by atoms with Crippen LogP contribution in [-0.2, 0) is 11.2 Å². The van der Waals surface area contributed by atoms with Gasteiger partial charge in [-0.15, -0.1) is 0 Å². The normalized spacial score (nSPS) is 15.3. The Morgan fingerprint density at radius 2 is 2.14 bits per heavy atom. The van der Waals surface area contributed by atoms with Crippen molar-refractivity contribution in [3.05, 3.63) is 48.1 Å². The first kappa shape index (κ1) is 13.8. The molecule has 5 heteroatoms. The SMILES string of the molecule is O=C(Cc1ccon1)N(c1cccc(F)c1)C1CCCC1. The second kappa shape index (κ2) is 6.08. The minimum absolute atomic E-state index is 0.0681. The highest BCUT2D eigenvalue weighted by Gasteiger charge is 2.28. The highest BCUT2D eigenvalue weighted by molar-refractivity contribution is 5.95. The van der Waals surface area contributed by atoms with Gasteiger partial charge in [0.05, 0.1) is 12.1 Å². The number of benzene rings is 1. The van der Waals surface area contributed by atoms with Crippen LogP contribution in [0.25, 0.3) is 0 Å². The fraction of sp³-hybridized carbons (Fsp3) is 0.375. The summed E-state index contributed by atoms with van der Waals surface area (Å²) < 4.78 is 18.3. The maximum atomic E-state index is 13.5. The van der Waals surface area contributed by atoms with Crippen LogP contribution in [0.1, 0.15) is 31.4 Å². The van der Waals surface area contributed by atoms with Crippen LogP contribution in [0.15, 0.2) is 41.1 Å². The monoisotopic (exact) mass is 288 g/mol. The molecule has 1 amide bonds. The topological polar surface area (TPSA) is 46.3 Å². The van der Waals surface area contributed by atoms with Crippen LogP contribution < -0.4 is 4.90 Å². The Hall–Kier alpha value is -2.17. The minimum Gasteiger partial charge on any atom is -0.364 e. The van der Waals surface area contributed by atoms with Gasteiger partial charge in [0, 0.05) is 17.8 Å². The lowest BCUT2D eigenvalue weighted by Gasteiger charge is -2.29. The standard InChI is InChI=1S/C16H17FN2O2/c17-12-4-3-7-15(10-12)19(14-5-1-2-6-14)16(20)11-13-8-9-21-18-13/h3-4,7-10,14H,1-2,5-6,11H2. The molecule has 21 heavy (non-hydrogen) atoms. The Bertz CT molecular complexity index is 606. The van der Waals surface area contributed by atoms with Crippen LogP contribution >= 0.6 is 0 Å². The van der Waals surface area contributed by atoms with Crippen LogP contribution in [0.3, 0.4) is 0 Å². The number of aromatic nitrogens is 1. The molecule has 1 aromatic carbocycles. The molecule has 0 atom stereocenters. The van der Waals surface area contributed by atoms with Gasteiger partial charge in [0.1, 0.15) is 12.1 Å². The Kier molecular flexibility index (Phi) is 3.99. The highest BCUT2D eigenvalue weighted by Crippen LogP contribution is 2.29. The molecule has 4 nitrogen and oxygen atoms in total. The highest BCUT2D eigenvalue weighted by atomic mass is 19.1. The lowest BCUT2D eigenvalue weighted by atomic mass is 10.1. The average molecular weight is 288 g/mol. The first-order chi connectivity index (χ1) is 10.2. The van der Waals surface area contributed by atoms with E-state index in [1.165, 1.54) is 18.4 Å². The van der Waals surface area contributed by atoms with Gasteiger partial charge >= 0.3 is 0 Å². The Balaban J connectivity index is 1.86. The van der Waals surface area contributed by atoms with E-state index in [4.69, 9.17) is 4.52 Å². The molecule has 0 aliphatic heterocycles. The van der Waals surface area contributed by atoms with Crippen molar-refractivity contribution in [2.45, 2.75) is 38.1 Å². The van der Waals surface area contributed by atoms with Crippen molar-refractivity contribution in [1.82, 2.24) is 5.16 Å². The third-order valence-electron chi connectivity index (χ3n) is 3.87. The van der Waals surface area contributed by atoms with E-state index in [1.807, 2.05) is 0 Å². The van der Waals surface area contributed by atoms with Gasteiger partial charge in [-0.25, -0.2) is 4.39 Å². The van der Waals surface area contributed by atoms with Crippen molar-refractivity contribution < 1.29 is 13.7 Å². The predicted octanol–water partition coefficient (Wildman–Crippen LogP) is 3.33. The Morgan fingerprint density at radius 1 is 1.33 bits per heavy atom. The Morgan fingerprint density at radius 3 is 2.81 bits per heavy atom. The maximum Gasteiger partial charge on any atom is 0.233 e. The zero-order valence-corrected chi connectivity index (χ0v) is 11.7. The lowest BCUT2D eigenvalue weighted by molar-refractivity contribution is -0.118. The summed E-state index contributed by atoms with van der Waals surface area (Å²) in [6.07, 6.45) is 5.75. The third-order valence-corrected chi connectivity index (χ3v) is 3.87. The van der Waals surface area contributed by atoms with Crippen molar-refractivity contribution in [2.75, 3.05) is 4.90 Å². The predicted molar refractivity (Wildman–Crippen MR) is 76.3 cm³/mol. The molecule has 0 bridgehead atoms. The van der Waals surface area contributed by atoms with Gasteiger partial charge in [0.2, 0.25) is 5.91 Å². The number of anilines is 1. The van der Waals surface area contributed by atoms with E-state index in [0.29, 0.717) is 11.4 Å². The van der Waals surface area contributed by atoms with Crippen molar-refractivity contribution in [3.8, 4) is 0 Å². The molecule has 0 N–H and O–H groups in total. The molecular formula is C16H17FN2O2. The van der Waals surface area contributed by atoms with Gasteiger partial charge in [-0.1, -0.05) is 24.1 Å². The number of amides is 1. The zero-order valence-electron chi connectivity index (χ0n) is 11.7. The van der Waals surface area contributed by atoms with Crippen molar-refractivity contribution in [1.29, 1.82) is 0 Å². The molecule has 1 saturated carbocycles. The summed E-state index contributed by atoms with van der Waals surface area (Å²) in [6, 6.07) is 8.04. The fourth-order valence-electron chi connectivity index (χ4n) is 2.92. The van der Waals surface area contributed by atoms with E-state index in [0.717, 1.165) is 25.7 Å². The second-order valence-electron chi connectivity index (χ2n) is 5.35. The van der Waals surface area contributed by atoms with Crippen LogP contribution in [-0.4, -0.2) is 17.1 Å². The van der Waals surface area contributed by atoms with Crippen molar-refractivity contribution >= 4 is 11.6 Å². The lowest BCUT2D eigenvalue weighted by Crippen LogP contribution is -2.40. The number of hydrogen-bond donors (Lipinski definition) is 0. The summed E-state index contributed by atoms with van der Waals surface area (Å²) in [7, 11) is 0. The quantitative estimate of drug-likeness (QED) is 0.867. The van der Waals surface area contributed by atoms with Crippen LogP contribution in [0.2, 0.25) is 0 Å². The van der Waals surface area contributed by atoms with Gasteiger partial charge in [-0.2, -0.15) is 0 Å². The van der Waals surface area contributed by atoms with Gasteiger partial charge in [0.15, 0.2) is 0 Å². The molecule has 0 saturated heterocycles. The average Bonchev–Trinajstić information content (AvgIpc) is 3.12. The maximum absolute atomic E-state index is 13.5. The van der Waals surface area contributed by atoms with Crippen LogP contribution in [0.4, 0.5) is 10.1 Å². The number of hydrogen-bond acceptors (Lipinski definition) is 3. The van der Waals surface area contributed by atoms with Crippen LogP contribution in [0, 0.1) is 5.82 Å². The van der Waals surface area contributed by atoms with Crippen molar-refractivity contribution in [3.63, 3.8) is 0 Å². The summed E-state index contributed by atoms with van der Waals surface area (Å²) >= 11 is 0. The first-order valence-corrected chi connectivity index (χ1v) is 7.21. The minimum atomic E-state index is -0.329. The zero-order chi connectivity index (χ0) is 14.7. The molecule has 0 unspecified atom stereocenters. The third kappa shape index (κ3) is 3.12. The summed E-state index contributed by atoms with van der Waals surface area (Å²) in [5.41, 5.74) is 1.22. The van der Waals surface area contributed by atoms with Gasteiger partial charge in [-0.05, 0) is 31.0 Å². The van der Waals surface area contributed by atoms with Crippen molar-refractivity contribution in [2.24, 2.45) is 0 Å². The summed E-state index contributed by atoms with van der Waals surface area (Å²) in [4.78, 5) is 14.4. The number of rotatable bonds is 4. The molecule has 1 fully saturated rings. The first-order valence-electron chi connectivity index (χ1n) is 7.21. The molecule has 110 valence electrons. The van der Waals surface area contributed by atoms with Gasteiger partial charge in [-0.3, -0.25) is 4.79 Å². The van der Waals surface area contributed by atoms with Crippen LogP contribution in [0.5, 0.6) is 0 Å². The molecule has 1 heterocycles. The van der Waals surface area contributed by atoms with E-state index in [9.17, 15) is 9.18 Å². The smallest absolute Gasteiger partial charge is 0.233 e. The molecule has 1 aliphatic rings. The molecule has 0 spiro atoms. The molecule has 3 rings (SSSR count). The number of carbonyl (C=O) groups excluding carboxylic acids is 1. The molecule has 1 aliphatic carbocycles. The number of halogens is 1. The molecule has 0 radical (unpaired) electrons. The van der Waals surface area contributed by atoms with E-state index < -0.39 is 0 Å². The summed E-state index contributed by atoms with van der Waals surface area (Å²) in [5, 5.41) is 3.78. The molecule has 2 aromatic rings. The number of nitrogens with zero attached hydrogens (tertiary/aromatic N) is 2. The largest absolute Gasteiger partial charge is 0.364 e. The van der Waals surface area contributed by atoms with E-state index in [2.05, 4.69) is 5.16 Å². The van der Waals surface area contributed by atoms with E-state index in [1.54, 1.807) is 23.1 Å². The van der Waals surface area contributed by atoms with Gasteiger partial charge in [0.25, 0.3) is 0 Å². The fourth-order valence-corrected chi connectivity index (χ4v) is 2.92. The van der Waals surface area contributed by atoms with Gasteiger partial charge < -0.3 is 9.42 Å². The van der Waals surface area contributed by atoms with E-state index in [-0.39, 0.29) is 24.2 Å². The van der Waals surface area contributed by atoms with E-state index >= 15 is 0 Å².